The third-order valence-electron chi connectivity index (χ3n) is 5.21. The zero-order valence-electron chi connectivity index (χ0n) is 15.8. The summed E-state index contributed by atoms with van der Waals surface area (Å²) >= 11 is 0. The van der Waals surface area contributed by atoms with E-state index in [1.807, 2.05) is 30.3 Å². The number of para-hydroxylation sites is 1. The van der Waals surface area contributed by atoms with Crippen LogP contribution < -0.4 is 10.1 Å². The van der Waals surface area contributed by atoms with Crippen molar-refractivity contribution in [3.63, 3.8) is 0 Å². The number of rotatable bonds is 6. The van der Waals surface area contributed by atoms with Gasteiger partial charge in [-0.3, -0.25) is 9.59 Å². The Labute approximate surface area is 163 Å². The first-order valence-corrected chi connectivity index (χ1v) is 9.66. The maximum atomic E-state index is 12.6. The summed E-state index contributed by atoms with van der Waals surface area (Å²) in [7, 11) is 0. The van der Waals surface area contributed by atoms with Crippen molar-refractivity contribution in [1.82, 2.24) is 20.4 Å². The van der Waals surface area contributed by atoms with Gasteiger partial charge in [0.1, 0.15) is 5.75 Å². The number of carbonyl (C=O) groups is 2. The van der Waals surface area contributed by atoms with E-state index >= 15 is 0 Å². The molecule has 2 atom stereocenters. The van der Waals surface area contributed by atoms with E-state index in [0.29, 0.717) is 37.0 Å². The number of ether oxygens (including phenoxy) is 1. The van der Waals surface area contributed by atoms with Gasteiger partial charge in [0.05, 0.1) is 12.0 Å². The quantitative estimate of drug-likeness (QED) is 0.814. The van der Waals surface area contributed by atoms with Crippen molar-refractivity contribution in [1.29, 1.82) is 0 Å². The van der Waals surface area contributed by atoms with Crippen molar-refractivity contribution < 1.29 is 18.8 Å². The number of hydrogen-bond acceptors (Lipinski definition) is 6. The number of nitrogens with zero attached hydrogens (tertiary/aromatic N) is 3. The maximum absolute atomic E-state index is 12.6. The first-order valence-electron chi connectivity index (χ1n) is 9.66. The van der Waals surface area contributed by atoms with Crippen molar-refractivity contribution in [3.8, 4) is 5.75 Å². The number of piperidine rings is 1. The zero-order chi connectivity index (χ0) is 19.5. The van der Waals surface area contributed by atoms with Crippen molar-refractivity contribution in [3.05, 3.63) is 42.0 Å². The summed E-state index contributed by atoms with van der Waals surface area (Å²) in [6, 6.07) is 9.00. The van der Waals surface area contributed by atoms with Gasteiger partial charge in [0.15, 0.2) is 12.4 Å². The normalized spacial score (nSPS) is 22.0. The molecule has 1 saturated carbocycles. The summed E-state index contributed by atoms with van der Waals surface area (Å²) in [6.07, 6.45) is 2.50. The zero-order valence-corrected chi connectivity index (χ0v) is 15.8. The monoisotopic (exact) mass is 384 g/mol. The highest BCUT2D eigenvalue weighted by atomic mass is 16.5. The smallest absolute Gasteiger partial charge is 0.260 e. The van der Waals surface area contributed by atoms with E-state index in [-0.39, 0.29) is 36.3 Å². The molecule has 1 saturated heterocycles. The number of amides is 2. The lowest BCUT2D eigenvalue weighted by Gasteiger charge is -2.37. The van der Waals surface area contributed by atoms with Crippen molar-refractivity contribution in [2.45, 2.75) is 38.1 Å². The first-order chi connectivity index (χ1) is 13.6. The molecule has 28 heavy (non-hydrogen) atoms. The third kappa shape index (κ3) is 4.32. The highest BCUT2D eigenvalue weighted by molar-refractivity contribution is 5.81. The van der Waals surface area contributed by atoms with Gasteiger partial charge in [0.25, 0.3) is 5.91 Å². The van der Waals surface area contributed by atoms with Gasteiger partial charge in [0.2, 0.25) is 11.8 Å². The number of aromatic nitrogens is 2. The first kappa shape index (κ1) is 18.5. The molecule has 1 aliphatic heterocycles. The van der Waals surface area contributed by atoms with Crippen LogP contribution in [-0.2, 0) is 9.59 Å². The molecule has 0 radical (unpaired) electrons. The molecular weight excluding hydrogens is 360 g/mol. The number of hydrogen-bond donors (Lipinski definition) is 1. The second-order valence-corrected chi connectivity index (χ2v) is 7.41. The van der Waals surface area contributed by atoms with Crippen molar-refractivity contribution in [2.24, 2.45) is 5.92 Å². The van der Waals surface area contributed by atoms with E-state index < -0.39 is 0 Å². The Hall–Kier alpha value is -2.90. The summed E-state index contributed by atoms with van der Waals surface area (Å²) in [6.45, 7) is 2.70. The van der Waals surface area contributed by atoms with Gasteiger partial charge >= 0.3 is 0 Å². The van der Waals surface area contributed by atoms with Crippen LogP contribution in [0, 0.1) is 12.8 Å². The van der Waals surface area contributed by atoms with Crippen LogP contribution in [-0.4, -0.2) is 52.6 Å². The van der Waals surface area contributed by atoms with Crippen molar-refractivity contribution in [2.75, 3.05) is 19.7 Å². The van der Waals surface area contributed by atoms with Gasteiger partial charge in [-0.1, -0.05) is 23.4 Å². The molecule has 1 aliphatic carbocycles. The molecule has 0 unspecified atom stereocenters. The number of aryl methyl sites for hydroxylation is 1. The van der Waals surface area contributed by atoms with Gasteiger partial charge in [0, 0.05) is 19.0 Å². The molecule has 4 rings (SSSR count). The fraction of sp³-hybridized carbons (Fsp3) is 0.500. The van der Waals surface area contributed by atoms with Crippen LogP contribution in [0.15, 0.2) is 34.9 Å². The van der Waals surface area contributed by atoms with Crippen LogP contribution in [0.2, 0.25) is 0 Å². The SMILES string of the molecule is Cc1noc([C@H]2CCN(C(=O)COc3ccccc3)C[C@H]2NC(=O)C2CC2)n1. The minimum atomic E-state index is -0.248. The third-order valence-corrected chi connectivity index (χ3v) is 5.21. The highest BCUT2D eigenvalue weighted by Crippen LogP contribution is 2.32. The van der Waals surface area contributed by atoms with Crippen LogP contribution in [0.25, 0.3) is 0 Å². The summed E-state index contributed by atoms with van der Waals surface area (Å²) in [4.78, 5) is 31.0. The Morgan fingerprint density at radius 2 is 2.04 bits per heavy atom. The fourth-order valence-corrected chi connectivity index (χ4v) is 3.48. The minimum absolute atomic E-state index is 0.0301. The predicted molar refractivity (Wildman–Crippen MR) is 99.6 cm³/mol. The average molecular weight is 384 g/mol. The fourth-order valence-electron chi connectivity index (χ4n) is 3.48. The molecule has 2 aliphatic rings. The standard InChI is InChI=1S/C20H24N4O4/c1-13-21-20(28-23-13)16-9-10-24(11-17(16)22-19(26)14-7-8-14)18(25)12-27-15-5-3-2-4-6-15/h2-6,14,16-17H,7-12H2,1H3,(H,22,26)/t16-,17+/m0/s1. The Balaban J connectivity index is 1.41. The molecule has 2 amide bonds. The Morgan fingerprint density at radius 1 is 1.25 bits per heavy atom. The molecule has 148 valence electrons. The molecule has 0 bridgehead atoms. The topological polar surface area (TPSA) is 97.6 Å². The lowest BCUT2D eigenvalue weighted by atomic mass is 9.91. The van der Waals surface area contributed by atoms with Crippen LogP contribution in [0.1, 0.15) is 36.9 Å². The minimum Gasteiger partial charge on any atom is -0.484 e. The Bertz CT molecular complexity index is 834. The second kappa shape index (κ2) is 8.00. The van der Waals surface area contributed by atoms with Gasteiger partial charge in [-0.25, -0.2) is 0 Å². The van der Waals surface area contributed by atoms with E-state index in [1.165, 1.54) is 0 Å². The molecule has 8 nitrogen and oxygen atoms in total. The molecule has 2 heterocycles. The lowest BCUT2D eigenvalue weighted by molar-refractivity contribution is -0.136. The predicted octanol–water partition coefficient (Wildman–Crippen LogP) is 1.67. The molecule has 0 spiro atoms. The number of nitrogens with one attached hydrogen (secondary N) is 1. The largest absolute Gasteiger partial charge is 0.484 e. The molecule has 1 aromatic heterocycles. The molecule has 2 fully saturated rings. The highest BCUT2D eigenvalue weighted by Gasteiger charge is 2.39. The van der Waals surface area contributed by atoms with Crippen molar-refractivity contribution >= 4 is 11.8 Å². The van der Waals surface area contributed by atoms with E-state index in [1.54, 1.807) is 11.8 Å². The van der Waals surface area contributed by atoms with E-state index in [0.717, 1.165) is 12.8 Å². The average Bonchev–Trinajstić information content (AvgIpc) is 3.48. The number of carbonyl (C=O) groups excluding carboxylic acids is 2. The van der Waals surface area contributed by atoms with E-state index in [4.69, 9.17) is 9.26 Å². The Kier molecular flexibility index (Phi) is 5.27. The number of likely N-dealkylation sites (tertiary alicyclic amines) is 1. The maximum Gasteiger partial charge on any atom is 0.260 e. The summed E-state index contributed by atoms with van der Waals surface area (Å²) in [5.41, 5.74) is 0. The van der Waals surface area contributed by atoms with E-state index in [9.17, 15) is 9.59 Å². The molecule has 1 N–H and O–H groups in total. The van der Waals surface area contributed by atoms with Crippen LogP contribution in [0.4, 0.5) is 0 Å². The molecule has 1 aromatic carbocycles. The Morgan fingerprint density at radius 3 is 2.71 bits per heavy atom. The van der Waals surface area contributed by atoms with E-state index in [2.05, 4.69) is 15.5 Å². The molecule has 2 aromatic rings. The van der Waals surface area contributed by atoms with Gasteiger partial charge < -0.3 is 19.5 Å². The lowest BCUT2D eigenvalue weighted by Crippen LogP contribution is -2.54. The van der Waals surface area contributed by atoms with Gasteiger partial charge in [-0.05, 0) is 38.3 Å². The number of benzene rings is 1. The second-order valence-electron chi connectivity index (χ2n) is 7.41. The summed E-state index contributed by atoms with van der Waals surface area (Å²) in [5.74, 6) is 1.69. The summed E-state index contributed by atoms with van der Waals surface area (Å²) < 4.78 is 10.9. The molecular formula is C20H24N4O4. The summed E-state index contributed by atoms with van der Waals surface area (Å²) in [5, 5.41) is 6.97. The van der Waals surface area contributed by atoms with Crippen LogP contribution in [0.5, 0.6) is 5.75 Å². The van der Waals surface area contributed by atoms with Crippen LogP contribution >= 0.6 is 0 Å². The van der Waals surface area contributed by atoms with Gasteiger partial charge in [-0.2, -0.15) is 4.98 Å². The van der Waals surface area contributed by atoms with Gasteiger partial charge in [-0.15, -0.1) is 0 Å². The molecule has 8 heteroatoms. The van der Waals surface area contributed by atoms with Crippen LogP contribution in [0.3, 0.4) is 0 Å².